The first-order valence-electron chi connectivity index (χ1n) is 8.03. The number of hydrogen-bond acceptors (Lipinski definition) is 4. The fourth-order valence-corrected chi connectivity index (χ4v) is 2.73. The van der Waals surface area contributed by atoms with Crippen molar-refractivity contribution >= 4 is 29.2 Å². The number of carbonyl (C=O) groups excluding carboxylic acids is 3. The fraction of sp³-hybridized carbons (Fsp3) is 0.211. The van der Waals surface area contributed by atoms with Crippen LogP contribution in [0.5, 0.6) is 11.5 Å². The molecule has 6 nitrogen and oxygen atoms in total. The average Bonchev–Trinajstić information content (AvgIpc) is 2.90. The van der Waals surface area contributed by atoms with Gasteiger partial charge >= 0.3 is 0 Å². The van der Waals surface area contributed by atoms with Gasteiger partial charge < -0.3 is 15.0 Å². The lowest BCUT2D eigenvalue weighted by atomic mass is 10.1. The topological polar surface area (TPSA) is 75.7 Å². The third-order valence-electron chi connectivity index (χ3n) is 4.09. The molecular formula is C19H17ClN2O4. The van der Waals surface area contributed by atoms with E-state index in [1.807, 2.05) is 12.1 Å². The summed E-state index contributed by atoms with van der Waals surface area (Å²) in [5, 5.41) is 3.33. The predicted octanol–water partition coefficient (Wildman–Crippen LogP) is 2.41. The predicted molar refractivity (Wildman–Crippen MR) is 95.9 cm³/mol. The SMILES string of the molecule is CN1CC(C(=O)NCc2ccc(Oc3ccc(Cl)cc3)cc2)C(=O)C1=O. The molecule has 2 aromatic carbocycles. The van der Waals surface area contributed by atoms with Crippen molar-refractivity contribution in [2.45, 2.75) is 6.54 Å². The summed E-state index contributed by atoms with van der Waals surface area (Å²) < 4.78 is 5.70. The molecule has 7 heteroatoms. The van der Waals surface area contributed by atoms with Crippen LogP contribution in [0.4, 0.5) is 0 Å². The molecule has 2 amide bonds. The summed E-state index contributed by atoms with van der Waals surface area (Å²) >= 11 is 5.84. The molecule has 1 heterocycles. The van der Waals surface area contributed by atoms with Gasteiger partial charge in [-0.05, 0) is 42.0 Å². The summed E-state index contributed by atoms with van der Waals surface area (Å²) in [5.41, 5.74) is 0.854. The molecule has 1 fully saturated rings. The van der Waals surface area contributed by atoms with Crippen LogP contribution in [0.15, 0.2) is 48.5 Å². The smallest absolute Gasteiger partial charge is 0.290 e. The van der Waals surface area contributed by atoms with Crippen LogP contribution in [0.2, 0.25) is 5.02 Å². The highest BCUT2D eigenvalue weighted by molar-refractivity contribution is 6.42. The minimum Gasteiger partial charge on any atom is -0.457 e. The van der Waals surface area contributed by atoms with Crippen LogP contribution in [0.1, 0.15) is 5.56 Å². The molecule has 0 radical (unpaired) electrons. The number of Topliss-reactive ketones (excluding diaryl/α,β-unsaturated/α-hetero) is 1. The number of likely N-dealkylation sites (N-methyl/N-ethyl adjacent to an activating group) is 1. The van der Waals surface area contributed by atoms with Crippen molar-refractivity contribution in [3.8, 4) is 11.5 Å². The molecule has 1 atom stereocenters. The summed E-state index contributed by atoms with van der Waals surface area (Å²) in [6, 6.07) is 14.2. The van der Waals surface area contributed by atoms with Crippen molar-refractivity contribution in [2.24, 2.45) is 5.92 Å². The van der Waals surface area contributed by atoms with E-state index in [1.54, 1.807) is 36.4 Å². The number of benzene rings is 2. The molecule has 0 aromatic heterocycles. The summed E-state index contributed by atoms with van der Waals surface area (Å²) in [5.74, 6) is -1.32. The summed E-state index contributed by atoms with van der Waals surface area (Å²) in [6.45, 7) is 0.388. The standard InChI is InChI=1S/C19H17ClN2O4/c1-22-11-16(17(23)19(22)25)18(24)21-10-12-2-6-14(7-3-12)26-15-8-4-13(20)5-9-15/h2-9,16H,10-11H2,1H3,(H,21,24). The van der Waals surface area contributed by atoms with Crippen LogP contribution in [-0.2, 0) is 20.9 Å². The fourth-order valence-electron chi connectivity index (χ4n) is 2.61. The summed E-state index contributed by atoms with van der Waals surface area (Å²) in [4.78, 5) is 36.6. The van der Waals surface area contributed by atoms with Crippen LogP contribution >= 0.6 is 11.6 Å². The minimum atomic E-state index is -0.931. The van der Waals surface area contributed by atoms with E-state index in [-0.39, 0.29) is 13.1 Å². The van der Waals surface area contributed by atoms with Crippen molar-refractivity contribution in [1.29, 1.82) is 0 Å². The van der Waals surface area contributed by atoms with E-state index in [0.717, 1.165) is 5.56 Å². The number of ether oxygens (including phenoxy) is 1. The number of likely N-dealkylation sites (tertiary alicyclic amines) is 1. The molecule has 1 aliphatic rings. The van der Waals surface area contributed by atoms with Gasteiger partial charge in [0.25, 0.3) is 5.91 Å². The zero-order valence-corrected chi connectivity index (χ0v) is 14.8. The highest BCUT2D eigenvalue weighted by Gasteiger charge is 2.41. The van der Waals surface area contributed by atoms with Crippen molar-refractivity contribution in [1.82, 2.24) is 10.2 Å². The Morgan fingerprint density at radius 3 is 2.23 bits per heavy atom. The Hall–Kier alpha value is -2.86. The van der Waals surface area contributed by atoms with E-state index in [9.17, 15) is 14.4 Å². The molecular weight excluding hydrogens is 356 g/mol. The van der Waals surface area contributed by atoms with Gasteiger partial charge in [-0.1, -0.05) is 23.7 Å². The molecule has 0 spiro atoms. The Morgan fingerprint density at radius 2 is 1.69 bits per heavy atom. The minimum absolute atomic E-state index is 0.122. The van der Waals surface area contributed by atoms with Crippen molar-refractivity contribution < 1.29 is 19.1 Å². The molecule has 0 saturated carbocycles. The lowest BCUT2D eigenvalue weighted by Crippen LogP contribution is -2.35. The van der Waals surface area contributed by atoms with E-state index in [4.69, 9.17) is 16.3 Å². The molecule has 1 saturated heterocycles. The zero-order chi connectivity index (χ0) is 18.7. The molecule has 1 unspecified atom stereocenters. The van der Waals surface area contributed by atoms with Crippen LogP contribution < -0.4 is 10.1 Å². The molecule has 134 valence electrons. The number of nitrogens with one attached hydrogen (secondary N) is 1. The lowest BCUT2D eigenvalue weighted by Gasteiger charge is -2.10. The van der Waals surface area contributed by atoms with Gasteiger partial charge in [0, 0.05) is 25.2 Å². The second kappa shape index (κ2) is 7.58. The van der Waals surface area contributed by atoms with E-state index in [0.29, 0.717) is 16.5 Å². The maximum atomic E-state index is 12.1. The molecule has 1 aliphatic heterocycles. The van der Waals surface area contributed by atoms with Gasteiger partial charge in [-0.15, -0.1) is 0 Å². The largest absolute Gasteiger partial charge is 0.457 e. The second-order valence-electron chi connectivity index (χ2n) is 6.02. The maximum Gasteiger partial charge on any atom is 0.290 e. The number of ketones is 1. The first-order valence-corrected chi connectivity index (χ1v) is 8.41. The van der Waals surface area contributed by atoms with Gasteiger partial charge in [-0.3, -0.25) is 14.4 Å². The quantitative estimate of drug-likeness (QED) is 0.646. The Bertz CT molecular complexity index is 834. The Labute approximate surface area is 155 Å². The van der Waals surface area contributed by atoms with Gasteiger partial charge in [-0.25, -0.2) is 0 Å². The normalized spacial score (nSPS) is 16.7. The molecule has 0 aliphatic carbocycles. The van der Waals surface area contributed by atoms with E-state index in [1.165, 1.54) is 11.9 Å². The number of hydrogen-bond donors (Lipinski definition) is 1. The highest BCUT2D eigenvalue weighted by atomic mass is 35.5. The second-order valence-corrected chi connectivity index (χ2v) is 6.46. The highest BCUT2D eigenvalue weighted by Crippen LogP contribution is 2.23. The van der Waals surface area contributed by atoms with Crippen molar-refractivity contribution in [3.05, 3.63) is 59.1 Å². The first-order chi connectivity index (χ1) is 12.4. The first kappa shape index (κ1) is 17.9. The molecule has 0 bridgehead atoms. The Morgan fingerprint density at radius 1 is 1.12 bits per heavy atom. The molecule has 1 N–H and O–H groups in total. The van der Waals surface area contributed by atoms with Crippen LogP contribution in [0, 0.1) is 5.92 Å². The van der Waals surface area contributed by atoms with Crippen LogP contribution in [0.3, 0.4) is 0 Å². The van der Waals surface area contributed by atoms with Gasteiger partial charge in [0.1, 0.15) is 17.4 Å². The Kier molecular flexibility index (Phi) is 5.23. The number of amides is 2. The van der Waals surface area contributed by atoms with Gasteiger partial charge in [0.15, 0.2) is 0 Å². The number of carbonyl (C=O) groups is 3. The van der Waals surface area contributed by atoms with Crippen LogP contribution in [0.25, 0.3) is 0 Å². The lowest BCUT2D eigenvalue weighted by molar-refractivity contribution is -0.142. The zero-order valence-electron chi connectivity index (χ0n) is 14.1. The average molecular weight is 373 g/mol. The number of nitrogens with zero attached hydrogens (tertiary/aromatic N) is 1. The molecule has 3 rings (SSSR count). The Balaban J connectivity index is 1.54. The monoisotopic (exact) mass is 372 g/mol. The third kappa shape index (κ3) is 4.03. The third-order valence-corrected chi connectivity index (χ3v) is 4.34. The van der Waals surface area contributed by atoms with E-state index >= 15 is 0 Å². The van der Waals surface area contributed by atoms with Gasteiger partial charge in [-0.2, -0.15) is 0 Å². The number of halogens is 1. The van der Waals surface area contributed by atoms with Crippen molar-refractivity contribution in [3.63, 3.8) is 0 Å². The molecule has 26 heavy (non-hydrogen) atoms. The van der Waals surface area contributed by atoms with Crippen LogP contribution in [-0.4, -0.2) is 36.1 Å². The van der Waals surface area contributed by atoms with Gasteiger partial charge in [0.2, 0.25) is 11.7 Å². The van der Waals surface area contributed by atoms with Crippen molar-refractivity contribution in [2.75, 3.05) is 13.6 Å². The number of rotatable bonds is 5. The molecule has 2 aromatic rings. The summed E-state index contributed by atoms with van der Waals surface area (Å²) in [6.07, 6.45) is 0. The van der Waals surface area contributed by atoms with Gasteiger partial charge in [0.05, 0.1) is 0 Å². The maximum absolute atomic E-state index is 12.1. The summed E-state index contributed by atoms with van der Waals surface area (Å²) in [7, 11) is 1.51. The van der Waals surface area contributed by atoms with E-state index < -0.39 is 23.5 Å². The van der Waals surface area contributed by atoms with E-state index in [2.05, 4.69) is 5.32 Å².